The van der Waals surface area contributed by atoms with Crippen LogP contribution in [0.4, 0.5) is 0 Å². The minimum absolute atomic E-state index is 0.00530. The summed E-state index contributed by atoms with van der Waals surface area (Å²) in [6.07, 6.45) is 1.59. The summed E-state index contributed by atoms with van der Waals surface area (Å²) < 4.78 is 19.0. The molecule has 2 aromatic rings. The van der Waals surface area contributed by atoms with Crippen LogP contribution in [0.3, 0.4) is 0 Å². The van der Waals surface area contributed by atoms with E-state index in [-0.39, 0.29) is 23.0 Å². The van der Waals surface area contributed by atoms with Crippen molar-refractivity contribution >= 4 is 41.1 Å². The summed E-state index contributed by atoms with van der Waals surface area (Å²) >= 11 is 3.43. The predicted octanol–water partition coefficient (Wildman–Crippen LogP) is 4.61. The summed E-state index contributed by atoms with van der Waals surface area (Å²) in [6, 6.07) is 3.44. The normalized spacial score (nSPS) is 13.0. The Bertz CT molecular complexity index is 933. The number of ether oxygens (including phenoxy) is 2. The highest BCUT2D eigenvalue weighted by atomic mass is 79.9. The molecule has 0 fully saturated rings. The van der Waals surface area contributed by atoms with Crippen LogP contribution in [0.5, 0.6) is 5.75 Å². The summed E-state index contributed by atoms with van der Waals surface area (Å²) in [5.74, 6) is 0.170. The first-order valence-electron chi connectivity index (χ1n) is 9.14. The third kappa shape index (κ3) is 4.85. The van der Waals surface area contributed by atoms with Crippen LogP contribution in [0.25, 0.3) is 10.9 Å². The standard InChI is InChI=1S/C20H28BrNO5Si/c1-12(2)17(11-27-28(5,6)7)22-10-14(20(24)26-4)19(23)13-8-15(21)18(25-3)9-16(13)22/h8-10,12,17H,11H2,1-7H3/t17-/m1/s1. The van der Waals surface area contributed by atoms with E-state index in [2.05, 4.69) is 49.4 Å². The highest BCUT2D eigenvalue weighted by Gasteiger charge is 2.25. The number of methoxy groups -OCH3 is 2. The summed E-state index contributed by atoms with van der Waals surface area (Å²) in [4.78, 5) is 25.2. The van der Waals surface area contributed by atoms with Crippen molar-refractivity contribution in [1.29, 1.82) is 0 Å². The zero-order valence-corrected chi connectivity index (χ0v) is 20.0. The van der Waals surface area contributed by atoms with Gasteiger partial charge in [-0.25, -0.2) is 4.79 Å². The molecule has 0 amide bonds. The van der Waals surface area contributed by atoms with Gasteiger partial charge in [0, 0.05) is 17.6 Å². The molecule has 0 aliphatic rings. The van der Waals surface area contributed by atoms with E-state index in [1.807, 2.05) is 10.6 Å². The molecule has 0 spiro atoms. The first kappa shape index (κ1) is 22.6. The maximum atomic E-state index is 12.9. The van der Waals surface area contributed by atoms with Gasteiger partial charge in [-0.05, 0) is 47.6 Å². The fourth-order valence-electron chi connectivity index (χ4n) is 2.97. The average molecular weight is 470 g/mol. The van der Waals surface area contributed by atoms with Gasteiger partial charge < -0.3 is 18.5 Å². The zero-order valence-electron chi connectivity index (χ0n) is 17.5. The number of fused-ring (bicyclic) bond motifs is 1. The van der Waals surface area contributed by atoms with E-state index in [1.165, 1.54) is 7.11 Å². The van der Waals surface area contributed by atoms with Gasteiger partial charge in [-0.1, -0.05) is 13.8 Å². The van der Waals surface area contributed by atoms with Crippen LogP contribution >= 0.6 is 15.9 Å². The number of hydrogen-bond donors (Lipinski definition) is 0. The molecule has 1 atom stereocenters. The third-order valence-electron chi connectivity index (χ3n) is 4.52. The van der Waals surface area contributed by atoms with Crippen LogP contribution in [0, 0.1) is 5.92 Å². The fraction of sp³-hybridized carbons (Fsp3) is 0.500. The Hall–Kier alpha value is -1.64. The third-order valence-corrected chi connectivity index (χ3v) is 6.18. The lowest BCUT2D eigenvalue weighted by atomic mass is 10.0. The molecule has 1 heterocycles. The molecule has 154 valence electrons. The van der Waals surface area contributed by atoms with E-state index >= 15 is 0 Å². The lowest BCUT2D eigenvalue weighted by Gasteiger charge is -2.29. The molecule has 0 aliphatic heterocycles. The van der Waals surface area contributed by atoms with Crippen molar-refractivity contribution in [1.82, 2.24) is 4.57 Å². The number of carbonyl (C=O) groups is 1. The monoisotopic (exact) mass is 469 g/mol. The molecule has 1 aromatic heterocycles. The van der Waals surface area contributed by atoms with Crippen LogP contribution in [0.2, 0.25) is 19.6 Å². The van der Waals surface area contributed by atoms with E-state index < -0.39 is 14.3 Å². The van der Waals surface area contributed by atoms with Crippen LogP contribution in [-0.4, -0.2) is 39.7 Å². The lowest BCUT2D eigenvalue weighted by Crippen LogP contribution is -2.32. The Kier molecular flexibility index (Phi) is 7.11. The number of esters is 1. The first-order valence-corrected chi connectivity index (χ1v) is 13.3. The van der Waals surface area contributed by atoms with Crippen molar-refractivity contribution in [2.75, 3.05) is 20.8 Å². The van der Waals surface area contributed by atoms with Crippen LogP contribution in [-0.2, 0) is 9.16 Å². The molecule has 0 bridgehead atoms. The van der Waals surface area contributed by atoms with Crippen molar-refractivity contribution in [2.45, 2.75) is 39.5 Å². The van der Waals surface area contributed by atoms with Crippen LogP contribution in [0.1, 0.15) is 30.2 Å². The maximum Gasteiger partial charge on any atom is 0.343 e. The Morgan fingerprint density at radius 2 is 1.86 bits per heavy atom. The second kappa shape index (κ2) is 8.80. The number of hydrogen-bond acceptors (Lipinski definition) is 5. The van der Waals surface area contributed by atoms with Gasteiger partial charge in [0.15, 0.2) is 8.32 Å². The molecule has 1 aromatic carbocycles. The number of pyridine rings is 1. The Balaban J connectivity index is 2.81. The van der Waals surface area contributed by atoms with Gasteiger partial charge in [-0.3, -0.25) is 4.79 Å². The topological polar surface area (TPSA) is 66.8 Å². The minimum Gasteiger partial charge on any atom is -0.495 e. The lowest BCUT2D eigenvalue weighted by molar-refractivity contribution is 0.0598. The Labute approximate surface area is 175 Å². The molecule has 0 saturated carbocycles. The summed E-state index contributed by atoms with van der Waals surface area (Å²) in [7, 11) is 1.10. The van der Waals surface area contributed by atoms with Crippen molar-refractivity contribution in [3.8, 4) is 5.75 Å². The van der Waals surface area contributed by atoms with Crippen molar-refractivity contribution in [3.63, 3.8) is 0 Å². The van der Waals surface area contributed by atoms with Gasteiger partial charge in [0.2, 0.25) is 5.43 Å². The number of carbonyl (C=O) groups excluding carboxylic acids is 1. The Morgan fingerprint density at radius 3 is 2.36 bits per heavy atom. The van der Waals surface area contributed by atoms with E-state index in [0.717, 1.165) is 0 Å². The second-order valence-electron chi connectivity index (χ2n) is 8.01. The van der Waals surface area contributed by atoms with Crippen LogP contribution < -0.4 is 10.2 Å². The molecule has 6 nitrogen and oxygen atoms in total. The first-order chi connectivity index (χ1) is 13.0. The van der Waals surface area contributed by atoms with Gasteiger partial charge in [0.1, 0.15) is 11.3 Å². The highest BCUT2D eigenvalue weighted by molar-refractivity contribution is 9.10. The summed E-state index contributed by atoms with van der Waals surface area (Å²) in [5, 5.41) is 0.425. The largest absolute Gasteiger partial charge is 0.495 e. The molecule has 0 radical (unpaired) electrons. The van der Waals surface area contributed by atoms with Gasteiger partial charge in [0.05, 0.1) is 36.9 Å². The molecule has 8 heteroatoms. The Morgan fingerprint density at radius 1 is 1.21 bits per heavy atom. The van der Waals surface area contributed by atoms with Gasteiger partial charge in [-0.2, -0.15) is 0 Å². The number of nitrogens with zero attached hydrogens (tertiary/aromatic N) is 1. The number of aromatic nitrogens is 1. The number of rotatable bonds is 7. The van der Waals surface area contributed by atoms with E-state index in [9.17, 15) is 9.59 Å². The van der Waals surface area contributed by atoms with Crippen LogP contribution in [0.15, 0.2) is 27.6 Å². The molecule has 0 N–H and O–H groups in total. The zero-order chi connectivity index (χ0) is 21.2. The number of halogens is 1. The van der Waals surface area contributed by atoms with Gasteiger partial charge in [0.25, 0.3) is 0 Å². The summed E-state index contributed by atoms with van der Waals surface area (Å²) in [5.41, 5.74) is 0.330. The van der Waals surface area contributed by atoms with Crippen molar-refractivity contribution < 1.29 is 18.7 Å². The van der Waals surface area contributed by atoms with E-state index in [4.69, 9.17) is 13.9 Å². The molecule has 28 heavy (non-hydrogen) atoms. The van der Waals surface area contributed by atoms with Crippen molar-refractivity contribution in [2.24, 2.45) is 5.92 Å². The van der Waals surface area contributed by atoms with Gasteiger partial charge >= 0.3 is 5.97 Å². The molecule has 0 saturated heterocycles. The fourth-order valence-corrected chi connectivity index (χ4v) is 4.14. The highest BCUT2D eigenvalue weighted by Crippen LogP contribution is 2.32. The quantitative estimate of drug-likeness (QED) is 0.437. The van der Waals surface area contributed by atoms with E-state index in [0.29, 0.717) is 27.7 Å². The molecule has 0 aliphatic carbocycles. The predicted molar refractivity (Wildman–Crippen MR) is 117 cm³/mol. The maximum absolute atomic E-state index is 12.9. The summed E-state index contributed by atoms with van der Waals surface area (Å²) in [6.45, 7) is 11.1. The van der Waals surface area contributed by atoms with E-state index in [1.54, 1.807) is 19.4 Å². The smallest absolute Gasteiger partial charge is 0.343 e. The minimum atomic E-state index is -1.75. The molecule has 0 unspecified atom stereocenters. The molecular formula is C20H28BrNO5Si. The number of benzene rings is 1. The molecule has 2 rings (SSSR count). The van der Waals surface area contributed by atoms with Crippen molar-refractivity contribution in [3.05, 3.63) is 38.6 Å². The van der Waals surface area contributed by atoms with Gasteiger partial charge in [-0.15, -0.1) is 0 Å². The SMILES string of the molecule is COC(=O)c1cn([C@H](CO[Si](C)(C)C)C(C)C)c2cc(OC)c(Br)cc2c1=O. The average Bonchev–Trinajstić information content (AvgIpc) is 2.61. The second-order valence-corrected chi connectivity index (χ2v) is 13.4. The molecular weight excluding hydrogens is 442 g/mol.